The van der Waals surface area contributed by atoms with Crippen molar-refractivity contribution in [1.29, 1.82) is 0 Å². The lowest BCUT2D eigenvalue weighted by molar-refractivity contribution is 0.0652. The molecule has 0 spiro atoms. The second-order valence-corrected chi connectivity index (χ2v) is 5.40. The van der Waals surface area contributed by atoms with Gasteiger partial charge in [-0.2, -0.15) is 0 Å². The molecular weight excluding hydrogens is 276 g/mol. The molecule has 2 rings (SSSR count). The number of benzene rings is 1. The molecule has 118 valence electrons. The smallest absolute Gasteiger partial charge is 0.217 e. The fraction of sp³-hybridized carbons (Fsp3) is 0.389. The summed E-state index contributed by atoms with van der Waals surface area (Å²) in [6.45, 7) is 6.25. The molecule has 1 aromatic carbocycles. The van der Waals surface area contributed by atoms with Crippen molar-refractivity contribution in [1.82, 2.24) is 10.3 Å². The van der Waals surface area contributed by atoms with Gasteiger partial charge in [-0.15, -0.1) is 0 Å². The van der Waals surface area contributed by atoms with Gasteiger partial charge >= 0.3 is 0 Å². The molecule has 0 fully saturated rings. The second-order valence-electron chi connectivity index (χ2n) is 5.40. The minimum Gasteiger partial charge on any atom is -0.481 e. The maximum Gasteiger partial charge on any atom is 0.217 e. The summed E-state index contributed by atoms with van der Waals surface area (Å²) < 4.78 is 11.0. The second kappa shape index (κ2) is 8.51. The van der Waals surface area contributed by atoms with Gasteiger partial charge < -0.3 is 14.8 Å². The highest BCUT2D eigenvalue weighted by Crippen LogP contribution is 2.14. The zero-order valence-electron chi connectivity index (χ0n) is 13.5. The van der Waals surface area contributed by atoms with Crippen LogP contribution in [-0.4, -0.2) is 18.2 Å². The predicted octanol–water partition coefficient (Wildman–Crippen LogP) is 3.31. The zero-order chi connectivity index (χ0) is 15.8. The van der Waals surface area contributed by atoms with Gasteiger partial charge in [-0.05, 0) is 31.0 Å². The minimum atomic E-state index is 0.237. The van der Waals surface area contributed by atoms with Crippen LogP contribution in [0.3, 0.4) is 0 Å². The summed E-state index contributed by atoms with van der Waals surface area (Å²) in [7, 11) is 1.64. The summed E-state index contributed by atoms with van der Waals surface area (Å²) >= 11 is 0. The fourth-order valence-electron chi connectivity index (χ4n) is 2.20. The third-order valence-corrected chi connectivity index (χ3v) is 3.36. The van der Waals surface area contributed by atoms with Gasteiger partial charge in [0.05, 0.1) is 19.8 Å². The number of rotatable bonds is 8. The zero-order valence-corrected chi connectivity index (χ0v) is 13.5. The first-order valence-corrected chi connectivity index (χ1v) is 7.57. The molecule has 4 nitrogen and oxygen atoms in total. The SMILES string of the molecule is COc1ncccc1CNCc1ccccc1COC(C)C. The molecule has 0 bridgehead atoms. The van der Waals surface area contributed by atoms with Crippen LogP contribution in [0.5, 0.6) is 5.88 Å². The van der Waals surface area contributed by atoms with E-state index in [0.29, 0.717) is 12.5 Å². The van der Waals surface area contributed by atoms with Crippen LogP contribution in [0.4, 0.5) is 0 Å². The quantitative estimate of drug-likeness (QED) is 0.812. The van der Waals surface area contributed by atoms with E-state index in [1.165, 1.54) is 11.1 Å². The van der Waals surface area contributed by atoms with Gasteiger partial charge in [0.25, 0.3) is 0 Å². The van der Waals surface area contributed by atoms with E-state index in [2.05, 4.69) is 42.3 Å². The van der Waals surface area contributed by atoms with Gasteiger partial charge in [-0.1, -0.05) is 30.3 Å². The van der Waals surface area contributed by atoms with Crippen LogP contribution < -0.4 is 10.1 Å². The Bertz CT molecular complexity index is 585. The van der Waals surface area contributed by atoms with Crippen molar-refractivity contribution in [2.75, 3.05) is 7.11 Å². The molecule has 4 heteroatoms. The molecule has 0 saturated carbocycles. The predicted molar refractivity (Wildman–Crippen MR) is 87.7 cm³/mol. The van der Waals surface area contributed by atoms with Crippen LogP contribution in [0.2, 0.25) is 0 Å². The van der Waals surface area contributed by atoms with Gasteiger partial charge in [0, 0.05) is 24.8 Å². The summed E-state index contributed by atoms with van der Waals surface area (Å²) in [5, 5.41) is 3.45. The number of ether oxygens (including phenoxy) is 2. The largest absolute Gasteiger partial charge is 0.481 e. The molecule has 0 aliphatic rings. The van der Waals surface area contributed by atoms with Crippen molar-refractivity contribution in [3.8, 4) is 5.88 Å². The molecule has 0 unspecified atom stereocenters. The average Bonchev–Trinajstić information content (AvgIpc) is 2.54. The third-order valence-electron chi connectivity index (χ3n) is 3.36. The molecule has 1 N–H and O–H groups in total. The number of hydrogen-bond acceptors (Lipinski definition) is 4. The standard InChI is InChI=1S/C18H24N2O2/c1-14(2)22-13-17-8-5-4-7-15(17)11-19-12-16-9-6-10-20-18(16)21-3/h4-10,14,19H,11-13H2,1-3H3. The normalized spacial score (nSPS) is 10.9. The number of nitrogens with zero attached hydrogens (tertiary/aromatic N) is 1. The highest BCUT2D eigenvalue weighted by molar-refractivity contribution is 5.28. The maximum atomic E-state index is 5.71. The maximum absolute atomic E-state index is 5.71. The number of aromatic nitrogens is 1. The molecule has 0 aliphatic carbocycles. The van der Waals surface area contributed by atoms with E-state index in [1.54, 1.807) is 13.3 Å². The molecule has 2 aromatic rings. The molecule has 0 aliphatic heterocycles. The van der Waals surface area contributed by atoms with Gasteiger partial charge in [-0.3, -0.25) is 0 Å². The Hall–Kier alpha value is -1.91. The highest BCUT2D eigenvalue weighted by Gasteiger charge is 2.05. The Kier molecular flexibility index (Phi) is 6.37. The van der Waals surface area contributed by atoms with Crippen molar-refractivity contribution in [2.24, 2.45) is 0 Å². The average molecular weight is 300 g/mol. The van der Waals surface area contributed by atoms with Gasteiger partial charge in [0.15, 0.2) is 0 Å². The summed E-state index contributed by atoms with van der Waals surface area (Å²) in [4.78, 5) is 4.21. The highest BCUT2D eigenvalue weighted by atomic mass is 16.5. The van der Waals surface area contributed by atoms with Crippen molar-refractivity contribution >= 4 is 0 Å². The molecule has 0 saturated heterocycles. The molecular formula is C18H24N2O2. The van der Waals surface area contributed by atoms with E-state index in [9.17, 15) is 0 Å². The van der Waals surface area contributed by atoms with Crippen molar-refractivity contribution < 1.29 is 9.47 Å². The van der Waals surface area contributed by atoms with Crippen LogP contribution in [0.15, 0.2) is 42.6 Å². The lowest BCUT2D eigenvalue weighted by Crippen LogP contribution is -2.15. The first-order chi connectivity index (χ1) is 10.7. The topological polar surface area (TPSA) is 43.4 Å². The monoisotopic (exact) mass is 300 g/mol. The van der Waals surface area contributed by atoms with Crippen LogP contribution in [0.1, 0.15) is 30.5 Å². The molecule has 0 atom stereocenters. The molecule has 0 amide bonds. The Morgan fingerprint density at radius 1 is 1.00 bits per heavy atom. The Balaban J connectivity index is 1.94. The number of nitrogens with one attached hydrogen (secondary N) is 1. The van der Waals surface area contributed by atoms with E-state index in [1.807, 2.05) is 18.2 Å². The third kappa shape index (κ3) is 4.83. The summed E-state index contributed by atoms with van der Waals surface area (Å²) in [5.41, 5.74) is 3.54. The Labute approximate surface area is 132 Å². The Morgan fingerprint density at radius 2 is 1.68 bits per heavy atom. The van der Waals surface area contributed by atoms with Crippen molar-refractivity contribution in [3.63, 3.8) is 0 Å². The summed E-state index contributed by atoms with van der Waals surface area (Å²) in [6, 6.07) is 12.3. The summed E-state index contributed by atoms with van der Waals surface area (Å²) in [6.07, 6.45) is 1.97. The van der Waals surface area contributed by atoms with Crippen molar-refractivity contribution in [3.05, 3.63) is 59.3 Å². The van der Waals surface area contributed by atoms with Gasteiger partial charge in [0.2, 0.25) is 5.88 Å². The number of hydrogen-bond donors (Lipinski definition) is 1. The van der Waals surface area contributed by atoms with Crippen LogP contribution >= 0.6 is 0 Å². The molecule has 0 radical (unpaired) electrons. The van der Waals surface area contributed by atoms with E-state index in [0.717, 1.165) is 18.7 Å². The number of methoxy groups -OCH3 is 1. The first-order valence-electron chi connectivity index (χ1n) is 7.57. The number of pyridine rings is 1. The fourth-order valence-corrected chi connectivity index (χ4v) is 2.20. The van der Waals surface area contributed by atoms with E-state index < -0.39 is 0 Å². The van der Waals surface area contributed by atoms with Crippen LogP contribution in [0.25, 0.3) is 0 Å². The lowest BCUT2D eigenvalue weighted by Gasteiger charge is -2.13. The molecule has 1 aromatic heterocycles. The van der Waals surface area contributed by atoms with E-state index >= 15 is 0 Å². The van der Waals surface area contributed by atoms with E-state index in [4.69, 9.17) is 9.47 Å². The lowest BCUT2D eigenvalue weighted by atomic mass is 10.1. The van der Waals surface area contributed by atoms with Crippen LogP contribution in [-0.2, 0) is 24.4 Å². The van der Waals surface area contributed by atoms with Crippen molar-refractivity contribution in [2.45, 2.75) is 39.6 Å². The van der Waals surface area contributed by atoms with Crippen LogP contribution in [0, 0.1) is 0 Å². The molecule has 1 heterocycles. The van der Waals surface area contributed by atoms with Gasteiger partial charge in [0.1, 0.15) is 0 Å². The molecule has 22 heavy (non-hydrogen) atoms. The Morgan fingerprint density at radius 3 is 2.41 bits per heavy atom. The first kappa shape index (κ1) is 16.5. The van der Waals surface area contributed by atoms with Gasteiger partial charge in [-0.25, -0.2) is 4.98 Å². The summed E-state index contributed by atoms with van der Waals surface area (Å²) in [5.74, 6) is 0.673. The minimum absolute atomic E-state index is 0.237. The van der Waals surface area contributed by atoms with E-state index in [-0.39, 0.29) is 6.10 Å².